The Labute approximate surface area is 99.0 Å². The first-order chi connectivity index (χ1) is 7.42. The van der Waals surface area contributed by atoms with Gasteiger partial charge in [0.2, 0.25) is 0 Å². The summed E-state index contributed by atoms with van der Waals surface area (Å²) in [6.45, 7) is 9.26. The predicted molar refractivity (Wildman–Crippen MR) is 65.0 cm³/mol. The molecule has 1 nitrogen and oxygen atoms in total. The summed E-state index contributed by atoms with van der Waals surface area (Å²) in [4.78, 5) is 12.7. The van der Waals surface area contributed by atoms with Gasteiger partial charge in [0.1, 0.15) is 5.78 Å². The van der Waals surface area contributed by atoms with Gasteiger partial charge in [0.15, 0.2) is 0 Å². The van der Waals surface area contributed by atoms with Gasteiger partial charge in [-0.2, -0.15) is 0 Å². The summed E-state index contributed by atoms with van der Waals surface area (Å²) >= 11 is 0. The zero-order valence-corrected chi connectivity index (χ0v) is 11.0. The highest BCUT2D eigenvalue weighted by atomic mass is 16.1. The van der Waals surface area contributed by atoms with Crippen molar-refractivity contribution >= 4 is 5.78 Å². The lowest BCUT2D eigenvalue weighted by molar-refractivity contribution is -0.132. The minimum Gasteiger partial charge on any atom is -0.299 e. The molecule has 0 aromatic carbocycles. The van der Waals surface area contributed by atoms with E-state index in [2.05, 4.69) is 27.7 Å². The summed E-state index contributed by atoms with van der Waals surface area (Å²) in [5.74, 6) is 3.11. The number of hydrogen-bond acceptors (Lipinski definition) is 1. The maximum Gasteiger partial charge on any atom is 0.142 e. The van der Waals surface area contributed by atoms with E-state index in [1.165, 1.54) is 19.3 Å². The van der Waals surface area contributed by atoms with Crippen LogP contribution >= 0.6 is 0 Å². The van der Waals surface area contributed by atoms with Crippen molar-refractivity contribution in [2.75, 3.05) is 0 Å². The summed E-state index contributed by atoms with van der Waals surface area (Å²) in [5, 5.41) is 0. The summed E-state index contributed by atoms with van der Waals surface area (Å²) in [6.07, 6.45) is 5.05. The van der Waals surface area contributed by atoms with Crippen molar-refractivity contribution in [3.05, 3.63) is 0 Å². The second-order valence-electron chi connectivity index (χ2n) is 7.23. The number of rotatable bonds is 1. The molecule has 0 heterocycles. The smallest absolute Gasteiger partial charge is 0.142 e. The van der Waals surface area contributed by atoms with Crippen LogP contribution in [-0.4, -0.2) is 5.78 Å². The van der Waals surface area contributed by atoms with Gasteiger partial charge in [-0.25, -0.2) is 0 Å². The number of carbonyl (C=O) groups is 1. The van der Waals surface area contributed by atoms with Crippen molar-refractivity contribution in [3.8, 4) is 0 Å². The van der Waals surface area contributed by atoms with E-state index in [9.17, 15) is 4.79 Å². The molecule has 0 aromatic heterocycles. The van der Waals surface area contributed by atoms with Crippen LogP contribution < -0.4 is 0 Å². The second-order valence-corrected chi connectivity index (χ2v) is 7.23. The molecule has 3 saturated carbocycles. The first-order valence-corrected chi connectivity index (χ1v) is 6.96. The Bertz CT molecular complexity index is 345. The molecule has 0 unspecified atom stereocenters. The molecule has 16 heavy (non-hydrogen) atoms. The van der Waals surface area contributed by atoms with Crippen LogP contribution in [0, 0.1) is 34.5 Å². The van der Waals surface area contributed by atoms with Gasteiger partial charge < -0.3 is 0 Å². The molecule has 0 aliphatic heterocycles. The Morgan fingerprint density at radius 3 is 2.50 bits per heavy atom. The van der Waals surface area contributed by atoms with Crippen LogP contribution in [0.4, 0.5) is 0 Å². The van der Waals surface area contributed by atoms with E-state index in [4.69, 9.17) is 0 Å². The largest absolute Gasteiger partial charge is 0.299 e. The van der Waals surface area contributed by atoms with Crippen LogP contribution in [-0.2, 0) is 4.79 Å². The minimum atomic E-state index is 0.0337. The fourth-order valence-electron chi connectivity index (χ4n) is 5.34. The van der Waals surface area contributed by atoms with Crippen molar-refractivity contribution in [2.24, 2.45) is 34.5 Å². The van der Waals surface area contributed by atoms with Gasteiger partial charge in [-0.3, -0.25) is 4.79 Å². The van der Waals surface area contributed by atoms with Gasteiger partial charge in [-0.1, -0.05) is 27.7 Å². The van der Waals surface area contributed by atoms with E-state index in [1.54, 1.807) is 0 Å². The Morgan fingerprint density at radius 1 is 1.19 bits per heavy atom. The zero-order chi connectivity index (χ0) is 11.7. The molecule has 0 spiro atoms. The van der Waals surface area contributed by atoms with Crippen LogP contribution in [0.15, 0.2) is 0 Å². The summed E-state index contributed by atoms with van der Waals surface area (Å²) in [5.41, 5.74) is 0.381. The average Bonchev–Trinajstić information content (AvgIpc) is 2.53. The monoisotopic (exact) mass is 220 g/mol. The number of Topliss-reactive ketones (excluding diaryl/α,β-unsaturated/α-hetero) is 1. The second kappa shape index (κ2) is 2.91. The van der Waals surface area contributed by atoms with Crippen LogP contribution in [0.25, 0.3) is 0 Å². The lowest BCUT2D eigenvalue weighted by Gasteiger charge is -2.42. The van der Waals surface area contributed by atoms with E-state index in [1.807, 2.05) is 0 Å². The third-order valence-corrected chi connectivity index (χ3v) is 6.63. The van der Waals surface area contributed by atoms with E-state index in [-0.39, 0.29) is 5.41 Å². The normalized spacial score (nSPS) is 55.1. The van der Waals surface area contributed by atoms with Gasteiger partial charge in [0, 0.05) is 11.3 Å². The number of carbonyl (C=O) groups excluding carboxylic acids is 1. The predicted octanol–water partition coefficient (Wildman–Crippen LogP) is 3.67. The molecule has 0 saturated heterocycles. The number of ketones is 1. The van der Waals surface area contributed by atoms with Crippen LogP contribution in [0.5, 0.6) is 0 Å². The molecule has 0 amide bonds. The van der Waals surface area contributed by atoms with E-state index >= 15 is 0 Å². The quantitative estimate of drug-likeness (QED) is 0.659. The first kappa shape index (κ1) is 10.8. The Kier molecular flexibility index (Phi) is 1.97. The van der Waals surface area contributed by atoms with E-state index in [0.29, 0.717) is 34.9 Å². The average molecular weight is 220 g/mol. The molecular formula is C15H24O. The molecular weight excluding hydrogens is 196 g/mol. The molecule has 4 bridgehead atoms. The van der Waals surface area contributed by atoms with E-state index < -0.39 is 0 Å². The molecule has 3 aliphatic rings. The standard InChI is InChI=1S/C15H24O/c1-9(2)10-5-7-14(3)11-6-8-15(14,4)13(16)12(10)11/h9-12H,5-8H2,1-4H3/t10-,11-,12-,14-,15-/m0/s1. The first-order valence-electron chi connectivity index (χ1n) is 6.96. The lowest BCUT2D eigenvalue weighted by atomic mass is 9.61. The van der Waals surface area contributed by atoms with Gasteiger partial charge in [0.25, 0.3) is 0 Å². The topological polar surface area (TPSA) is 17.1 Å². The molecule has 0 radical (unpaired) electrons. The lowest BCUT2D eigenvalue weighted by Crippen LogP contribution is -2.36. The Hall–Kier alpha value is -0.330. The van der Waals surface area contributed by atoms with Crippen LogP contribution in [0.3, 0.4) is 0 Å². The van der Waals surface area contributed by atoms with Crippen molar-refractivity contribution < 1.29 is 4.79 Å². The van der Waals surface area contributed by atoms with Crippen molar-refractivity contribution in [3.63, 3.8) is 0 Å². The van der Waals surface area contributed by atoms with Crippen molar-refractivity contribution in [1.82, 2.24) is 0 Å². The van der Waals surface area contributed by atoms with Crippen LogP contribution in [0.2, 0.25) is 0 Å². The zero-order valence-electron chi connectivity index (χ0n) is 11.0. The maximum absolute atomic E-state index is 12.7. The van der Waals surface area contributed by atoms with Crippen molar-refractivity contribution in [2.45, 2.75) is 53.4 Å². The SMILES string of the molecule is CC(C)[C@@H]1CC[C@@]2(C)[C@H]3CC[C@@]2(C)C(=O)[C@@H]13. The molecule has 5 atom stereocenters. The van der Waals surface area contributed by atoms with Gasteiger partial charge in [-0.15, -0.1) is 0 Å². The molecule has 0 aromatic rings. The molecule has 90 valence electrons. The molecule has 3 aliphatic carbocycles. The Morgan fingerprint density at radius 2 is 1.88 bits per heavy atom. The summed E-state index contributed by atoms with van der Waals surface area (Å²) in [6, 6.07) is 0. The van der Waals surface area contributed by atoms with Crippen molar-refractivity contribution in [1.29, 1.82) is 0 Å². The van der Waals surface area contributed by atoms with E-state index in [0.717, 1.165) is 6.42 Å². The highest BCUT2D eigenvalue weighted by Gasteiger charge is 2.70. The fraction of sp³-hybridized carbons (Fsp3) is 0.933. The highest BCUT2D eigenvalue weighted by molar-refractivity contribution is 5.92. The third-order valence-electron chi connectivity index (χ3n) is 6.63. The maximum atomic E-state index is 12.7. The summed E-state index contributed by atoms with van der Waals surface area (Å²) < 4.78 is 0. The minimum absolute atomic E-state index is 0.0337. The molecule has 3 fully saturated rings. The summed E-state index contributed by atoms with van der Waals surface area (Å²) in [7, 11) is 0. The fourth-order valence-corrected chi connectivity index (χ4v) is 5.34. The van der Waals surface area contributed by atoms with Crippen LogP contribution in [0.1, 0.15) is 53.4 Å². The third kappa shape index (κ3) is 0.926. The Balaban J connectivity index is 2.06. The molecule has 0 N–H and O–H groups in total. The van der Waals surface area contributed by atoms with Gasteiger partial charge in [-0.05, 0) is 48.9 Å². The van der Waals surface area contributed by atoms with Gasteiger partial charge in [0.05, 0.1) is 0 Å². The molecule has 1 heteroatoms. The number of hydrogen-bond donors (Lipinski definition) is 0. The molecule has 3 rings (SSSR count). The van der Waals surface area contributed by atoms with Gasteiger partial charge >= 0.3 is 0 Å². The highest BCUT2D eigenvalue weighted by Crippen LogP contribution is 2.72.